The molecular formula is C13H22N2O2. The first-order valence-corrected chi connectivity index (χ1v) is 5.66. The molecule has 0 bridgehead atoms. The van der Waals surface area contributed by atoms with E-state index in [1.54, 1.807) is 14.2 Å². The Balaban J connectivity index is 2.66. The van der Waals surface area contributed by atoms with Gasteiger partial charge in [0.2, 0.25) is 0 Å². The molecule has 0 spiro atoms. The van der Waals surface area contributed by atoms with Gasteiger partial charge in [0.15, 0.2) is 6.29 Å². The van der Waals surface area contributed by atoms with E-state index in [4.69, 9.17) is 9.47 Å². The Kier molecular flexibility index (Phi) is 5.25. The number of hydrogen-bond donors (Lipinski definition) is 1. The number of hydrogen-bond acceptors (Lipinski definition) is 4. The molecule has 0 atom stereocenters. The number of aryl methyl sites for hydroxylation is 1. The summed E-state index contributed by atoms with van der Waals surface area (Å²) in [5, 5.41) is 3.31. The lowest BCUT2D eigenvalue weighted by Gasteiger charge is -2.18. The van der Waals surface area contributed by atoms with Crippen LogP contribution in [0.15, 0.2) is 18.2 Å². The number of nitrogens with zero attached hydrogens (tertiary/aromatic N) is 1. The average molecular weight is 238 g/mol. The molecule has 0 saturated heterocycles. The van der Waals surface area contributed by atoms with Gasteiger partial charge in [-0.15, -0.1) is 0 Å². The van der Waals surface area contributed by atoms with Gasteiger partial charge >= 0.3 is 0 Å². The van der Waals surface area contributed by atoms with E-state index in [-0.39, 0.29) is 6.29 Å². The van der Waals surface area contributed by atoms with Gasteiger partial charge in [0.05, 0.1) is 6.54 Å². The van der Waals surface area contributed by atoms with Crippen LogP contribution in [-0.4, -0.2) is 41.1 Å². The maximum Gasteiger partial charge on any atom is 0.173 e. The summed E-state index contributed by atoms with van der Waals surface area (Å²) in [7, 11) is 7.34. The van der Waals surface area contributed by atoms with E-state index in [9.17, 15) is 0 Å². The lowest BCUT2D eigenvalue weighted by atomic mass is 10.1. The molecule has 1 aromatic carbocycles. The quantitative estimate of drug-likeness (QED) is 0.769. The molecule has 0 aliphatic heterocycles. The second kappa shape index (κ2) is 6.47. The minimum atomic E-state index is -0.220. The first kappa shape index (κ1) is 13.8. The number of methoxy groups -OCH3 is 2. The molecule has 0 unspecified atom stereocenters. The highest BCUT2D eigenvalue weighted by molar-refractivity contribution is 5.59. The summed E-state index contributed by atoms with van der Waals surface area (Å²) in [5.74, 6) is 0. The zero-order chi connectivity index (χ0) is 12.8. The molecule has 4 nitrogen and oxygen atoms in total. The highest BCUT2D eigenvalue weighted by atomic mass is 16.7. The van der Waals surface area contributed by atoms with Crippen molar-refractivity contribution in [3.8, 4) is 0 Å². The predicted octanol–water partition coefficient (Wildman–Crippen LogP) is 2.09. The van der Waals surface area contributed by atoms with E-state index in [2.05, 4.69) is 35.3 Å². The second-order valence-corrected chi connectivity index (χ2v) is 4.18. The highest BCUT2D eigenvalue weighted by Gasteiger charge is 2.06. The molecule has 17 heavy (non-hydrogen) atoms. The van der Waals surface area contributed by atoms with Crippen molar-refractivity contribution in [2.75, 3.05) is 45.1 Å². The van der Waals surface area contributed by atoms with Gasteiger partial charge < -0.3 is 19.7 Å². The van der Waals surface area contributed by atoms with Crippen molar-refractivity contribution >= 4 is 11.4 Å². The number of ether oxygens (including phenoxy) is 2. The van der Waals surface area contributed by atoms with E-state index in [0.717, 1.165) is 5.69 Å². The fraction of sp³-hybridized carbons (Fsp3) is 0.538. The van der Waals surface area contributed by atoms with Crippen molar-refractivity contribution in [3.63, 3.8) is 0 Å². The molecule has 0 saturated carbocycles. The third-order valence-electron chi connectivity index (χ3n) is 2.71. The summed E-state index contributed by atoms with van der Waals surface area (Å²) < 4.78 is 10.3. The fourth-order valence-corrected chi connectivity index (χ4v) is 1.58. The molecule has 0 radical (unpaired) electrons. The summed E-state index contributed by atoms with van der Waals surface area (Å²) in [4.78, 5) is 2.09. The van der Waals surface area contributed by atoms with Crippen molar-refractivity contribution in [2.45, 2.75) is 13.2 Å². The Morgan fingerprint density at radius 1 is 1.24 bits per heavy atom. The lowest BCUT2D eigenvalue weighted by Crippen LogP contribution is -2.23. The minimum absolute atomic E-state index is 0.220. The van der Waals surface area contributed by atoms with E-state index < -0.39 is 0 Å². The van der Waals surface area contributed by atoms with Gasteiger partial charge in [-0.1, -0.05) is 0 Å². The van der Waals surface area contributed by atoms with Crippen molar-refractivity contribution < 1.29 is 9.47 Å². The van der Waals surface area contributed by atoms with E-state index in [1.165, 1.54) is 11.3 Å². The third-order valence-corrected chi connectivity index (χ3v) is 2.71. The van der Waals surface area contributed by atoms with Crippen molar-refractivity contribution in [3.05, 3.63) is 23.8 Å². The Bertz CT molecular complexity index is 349. The molecule has 0 aliphatic carbocycles. The van der Waals surface area contributed by atoms with Crippen molar-refractivity contribution in [1.29, 1.82) is 0 Å². The minimum Gasteiger partial charge on any atom is -0.380 e. The van der Waals surface area contributed by atoms with E-state index in [1.807, 2.05) is 14.1 Å². The van der Waals surface area contributed by atoms with Gasteiger partial charge in [-0.3, -0.25) is 0 Å². The lowest BCUT2D eigenvalue weighted by molar-refractivity contribution is -0.0914. The van der Waals surface area contributed by atoms with Crippen LogP contribution in [-0.2, 0) is 9.47 Å². The predicted molar refractivity (Wildman–Crippen MR) is 71.8 cm³/mol. The standard InChI is InChI=1S/C13H22N2O2/c1-10-8-11(15(2)3)6-7-12(10)14-9-13(16-4)17-5/h6-8,13-14H,9H2,1-5H3. The smallest absolute Gasteiger partial charge is 0.173 e. The normalized spacial score (nSPS) is 10.7. The molecule has 0 amide bonds. The van der Waals surface area contributed by atoms with Crippen LogP contribution in [0.25, 0.3) is 0 Å². The molecule has 96 valence electrons. The van der Waals surface area contributed by atoms with Crippen molar-refractivity contribution in [1.82, 2.24) is 0 Å². The van der Waals surface area contributed by atoms with E-state index in [0.29, 0.717) is 6.54 Å². The van der Waals surface area contributed by atoms with Crippen LogP contribution in [0.5, 0.6) is 0 Å². The van der Waals surface area contributed by atoms with Gasteiger partial charge in [-0.25, -0.2) is 0 Å². The number of nitrogens with one attached hydrogen (secondary N) is 1. The van der Waals surface area contributed by atoms with Crippen LogP contribution in [0, 0.1) is 6.92 Å². The topological polar surface area (TPSA) is 33.7 Å². The number of benzene rings is 1. The monoisotopic (exact) mass is 238 g/mol. The summed E-state index contributed by atoms with van der Waals surface area (Å²) in [6.45, 7) is 2.72. The van der Waals surface area contributed by atoms with Crippen LogP contribution in [0.4, 0.5) is 11.4 Å². The molecule has 4 heteroatoms. The molecule has 0 fully saturated rings. The van der Waals surface area contributed by atoms with Gasteiger partial charge in [0.25, 0.3) is 0 Å². The zero-order valence-electron chi connectivity index (χ0n) is 11.3. The SMILES string of the molecule is COC(CNc1ccc(N(C)C)cc1C)OC. The van der Waals surface area contributed by atoms with Crippen LogP contribution in [0.2, 0.25) is 0 Å². The van der Waals surface area contributed by atoms with Crippen LogP contribution in [0.3, 0.4) is 0 Å². The Hall–Kier alpha value is -1.26. The maximum atomic E-state index is 5.13. The summed E-state index contributed by atoms with van der Waals surface area (Å²) >= 11 is 0. The third kappa shape index (κ3) is 3.91. The summed E-state index contributed by atoms with van der Waals surface area (Å²) in [6, 6.07) is 6.31. The molecule has 1 aromatic rings. The fourth-order valence-electron chi connectivity index (χ4n) is 1.58. The van der Waals surface area contributed by atoms with Crippen molar-refractivity contribution in [2.24, 2.45) is 0 Å². The Morgan fingerprint density at radius 2 is 1.88 bits per heavy atom. The molecule has 0 heterocycles. The highest BCUT2D eigenvalue weighted by Crippen LogP contribution is 2.21. The molecule has 1 rings (SSSR count). The zero-order valence-corrected chi connectivity index (χ0v) is 11.3. The maximum absolute atomic E-state index is 5.13. The van der Waals surface area contributed by atoms with Gasteiger partial charge in [-0.05, 0) is 30.7 Å². The number of anilines is 2. The second-order valence-electron chi connectivity index (χ2n) is 4.18. The summed E-state index contributed by atoms with van der Waals surface area (Å²) in [5.41, 5.74) is 3.51. The van der Waals surface area contributed by atoms with Crippen LogP contribution < -0.4 is 10.2 Å². The summed E-state index contributed by atoms with van der Waals surface area (Å²) in [6.07, 6.45) is -0.220. The molecule has 0 aliphatic rings. The Labute approximate surface area is 104 Å². The number of rotatable bonds is 6. The first-order valence-electron chi connectivity index (χ1n) is 5.66. The van der Waals surface area contributed by atoms with Gasteiger partial charge in [0.1, 0.15) is 0 Å². The molecular weight excluding hydrogens is 216 g/mol. The molecule has 1 N–H and O–H groups in total. The largest absolute Gasteiger partial charge is 0.380 e. The Morgan fingerprint density at radius 3 is 2.35 bits per heavy atom. The first-order chi connectivity index (χ1) is 8.08. The van der Waals surface area contributed by atoms with Crippen LogP contribution >= 0.6 is 0 Å². The van der Waals surface area contributed by atoms with Crippen LogP contribution in [0.1, 0.15) is 5.56 Å². The van der Waals surface area contributed by atoms with E-state index >= 15 is 0 Å². The van der Waals surface area contributed by atoms with Gasteiger partial charge in [-0.2, -0.15) is 0 Å². The average Bonchev–Trinajstić information content (AvgIpc) is 2.31. The molecule has 0 aromatic heterocycles. The van der Waals surface area contributed by atoms with Gasteiger partial charge in [0, 0.05) is 39.7 Å².